The van der Waals surface area contributed by atoms with Crippen LogP contribution in [-0.2, 0) is 22.4 Å². The van der Waals surface area contributed by atoms with E-state index in [1.54, 1.807) is 57.3 Å². The van der Waals surface area contributed by atoms with Crippen LogP contribution in [0.3, 0.4) is 0 Å². The summed E-state index contributed by atoms with van der Waals surface area (Å²) >= 11 is 6.36. The molecule has 7 saturated heterocycles. The second kappa shape index (κ2) is 24.4. The maximum absolute atomic E-state index is 14.1. The zero-order valence-electron chi connectivity index (χ0n) is 46.6. The number of nitrogens with zero attached hydrogens (tertiary/aromatic N) is 16. The smallest absolute Gasteiger partial charge is 0.490 e. The highest BCUT2D eigenvalue weighted by molar-refractivity contribution is 9.11. The summed E-state index contributed by atoms with van der Waals surface area (Å²) in [6, 6.07) is 12.5. The SMILES string of the molecule is CC1(C)OB(c2cc(OCCO)cn3ncc(C#N)c23)OC1(C)C.COc1ncc(CN2C3CC2CN(c2nnc(-c4cc(OCCO)cn5ncc(C#N)c45)s2)C3)cc1F.COc1ncc(CN2C3CC2CN(c2nnc(Br)s2)C3)cc1F. The summed E-state index contributed by atoms with van der Waals surface area (Å²) in [6.07, 6.45) is 12.0. The molecule has 4 bridgehead atoms. The molecule has 7 aliphatic rings. The van der Waals surface area contributed by atoms with E-state index in [-0.39, 0.29) is 38.2 Å². The third-order valence-electron chi connectivity index (χ3n) is 15.8. The molecule has 2 N–H and O–H groups in total. The number of aliphatic hydroxyl groups is 2. The normalized spacial score (nSPS) is 20.2. The average molecular weight is 1250 g/mol. The first-order valence-corrected chi connectivity index (χ1v) is 29.3. The van der Waals surface area contributed by atoms with Gasteiger partial charge in [-0.25, -0.2) is 27.8 Å². The minimum absolute atomic E-state index is 0.00592. The van der Waals surface area contributed by atoms with Gasteiger partial charge in [-0.15, -0.1) is 20.4 Å². The van der Waals surface area contributed by atoms with Gasteiger partial charge < -0.3 is 48.3 Å². The summed E-state index contributed by atoms with van der Waals surface area (Å²) in [6.45, 7) is 12.8. The fourth-order valence-electron chi connectivity index (χ4n) is 11.0. The van der Waals surface area contributed by atoms with Gasteiger partial charge in [0.1, 0.15) is 36.9 Å². The molecule has 24 nitrogen and oxygen atoms in total. The summed E-state index contributed by atoms with van der Waals surface area (Å²) in [4.78, 5) is 17.4. The molecule has 15 rings (SSSR count). The highest BCUT2D eigenvalue weighted by atomic mass is 79.9. The number of pyridine rings is 4. The number of aliphatic hydroxyl groups excluding tert-OH is 2. The highest BCUT2D eigenvalue weighted by Crippen LogP contribution is 2.42. The van der Waals surface area contributed by atoms with Gasteiger partial charge in [-0.3, -0.25) is 9.80 Å². The first-order valence-electron chi connectivity index (χ1n) is 26.9. The van der Waals surface area contributed by atoms with Crippen molar-refractivity contribution in [3.05, 3.63) is 99.3 Å². The molecule has 30 heteroatoms. The first kappa shape index (κ1) is 58.5. The number of halogens is 3. The van der Waals surface area contributed by atoms with Gasteiger partial charge in [0.2, 0.25) is 22.0 Å². The van der Waals surface area contributed by atoms with E-state index in [0.29, 0.717) is 80.4 Å². The van der Waals surface area contributed by atoms with Gasteiger partial charge in [-0.05, 0) is 91.9 Å². The summed E-state index contributed by atoms with van der Waals surface area (Å²) in [5, 5.41) is 65.0. The van der Waals surface area contributed by atoms with Crippen molar-refractivity contribution in [2.75, 3.05) is 76.6 Å². The second-order valence-corrected chi connectivity index (χ2v) is 24.7. The van der Waals surface area contributed by atoms with Crippen molar-refractivity contribution in [1.29, 1.82) is 10.5 Å². The molecule has 8 aromatic heterocycles. The van der Waals surface area contributed by atoms with E-state index in [0.717, 1.165) is 64.5 Å². The van der Waals surface area contributed by atoms with Crippen LogP contribution in [0.25, 0.3) is 21.6 Å². The van der Waals surface area contributed by atoms with E-state index in [2.05, 4.69) is 88.2 Å². The van der Waals surface area contributed by atoms with E-state index >= 15 is 0 Å². The van der Waals surface area contributed by atoms with Crippen molar-refractivity contribution in [1.82, 2.24) is 59.4 Å². The van der Waals surface area contributed by atoms with E-state index in [4.69, 9.17) is 38.5 Å². The molecule has 0 spiro atoms. The molecule has 7 fully saturated rings. The number of fused-ring (bicyclic) bond motifs is 6. The number of rotatable bonds is 16. The largest absolute Gasteiger partial charge is 0.497 e. The lowest BCUT2D eigenvalue weighted by molar-refractivity contribution is -0.00866. The molecule has 0 amide bonds. The van der Waals surface area contributed by atoms with Crippen LogP contribution >= 0.6 is 38.6 Å². The number of hydrogen-bond donors (Lipinski definition) is 2. The standard InChI is InChI=1S/C24H23FN8O3S.C16H20BN3O4.C14H15BrFN5OS/c1-35-22-20(25)4-14(8-27-22)10-32-16-5-17(32)12-31(11-16)24-30-29-23(37-24)19-6-18(36-3-2-34)13-33-21(19)15(7-26)9-28-33;1-15(2)16(3,4)24-17(23-15)13-7-12(22-6-5-21)10-20-14(13)11(8-18)9-19-20;1-22-12-11(16)2-8(4-17-12)5-21-9-3-10(21)7-20(6-9)14-19-18-13(15)23-14/h4,6,8-9,13,16-17,34H,2-3,5,10-12H2,1H3;7,9-10,21H,5-6H2,1-4H3;2,4,9-10H,3,5-7H2,1H3. The Labute approximate surface area is 498 Å². The molecular formula is C54H58BBrF2N16O8S2. The maximum Gasteiger partial charge on any atom is 0.497 e. The van der Waals surface area contributed by atoms with E-state index < -0.39 is 30.0 Å². The minimum atomic E-state index is -0.640. The summed E-state index contributed by atoms with van der Waals surface area (Å²) in [5.41, 5.74) is 4.22. The number of hydrogen-bond acceptors (Lipinski definition) is 24. The minimum Gasteiger partial charge on any atom is -0.490 e. The predicted octanol–water partition coefficient (Wildman–Crippen LogP) is 5.28. The summed E-state index contributed by atoms with van der Waals surface area (Å²) in [7, 11) is 2.19. The van der Waals surface area contributed by atoms with Crippen molar-refractivity contribution in [2.24, 2.45) is 0 Å². The Balaban J connectivity index is 0.000000137. The fraction of sp³-hybridized carbons (Fsp3) is 0.444. The number of anilines is 2. The van der Waals surface area contributed by atoms with Gasteiger partial charge in [0, 0.05) is 86.9 Å². The van der Waals surface area contributed by atoms with Crippen molar-refractivity contribution >= 4 is 72.5 Å². The molecule has 8 aromatic rings. The first-order chi connectivity index (χ1) is 40.5. The molecule has 0 radical (unpaired) electrons. The van der Waals surface area contributed by atoms with Crippen LogP contribution in [0.1, 0.15) is 62.8 Å². The van der Waals surface area contributed by atoms with Gasteiger partial charge in [0.15, 0.2) is 20.6 Å². The fourth-order valence-corrected chi connectivity index (χ4v) is 13.0. The van der Waals surface area contributed by atoms with Gasteiger partial charge in [0.25, 0.3) is 0 Å². The Morgan fingerprint density at radius 3 is 1.62 bits per heavy atom. The highest BCUT2D eigenvalue weighted by Gasteiger charge is 2.53. The third-order valence-corrected chi connectivity index (χ3v) is 18.2. The van der Waals surface area contributed by atoms with Crippen molar-refractivity contribution in [2.45, 2.75) is 89.0 Å². The molecule has 0 saturated carbocycles. The van der Waals surface area contributed by atoms with Crippen molar-refractivity contribution in [3.63, 3.8) is 0 Å². The average Bonchev–Trinajstić information content (AvgIpc) is 4.37. The molecule has 4 unspecified atom stereocenters. The van der Waals surface area contributed by atoms with Crippen LogP contribution in [-0.4, -0.2) is 179 Å². The van der Waals surface area contributed by atoms with Gasteiger partial charge in [-0.1, -0.05) is 22.7 Å². The molecule has 438 valence electrons. The van der Waals surface area contributed by atoms with Crippen molar-refractivity contribution in [3.8, 4) is 46.0 Å². The molecule has 84 heavy (non-hydrogen) atoms. The van der Waals surface area contributed by atoms with E-state index in [9.17, 15) is 19.3 Å². The van der Waals surface area contributed by atoms with E-state index in [1.165, 1.54) is 56.5 Å². The zero-order chi connectivity index (χ0) is 59.0. The summed E-state index contributed by atoms with van der Waals surface area (Å²) < 4.78 is 64.9. The molecule has 15 heterocycles. The van der Waals surface area contributed by atoms with Gasteiger partial charge >= 0.3 is 7.12 Å². The lowest BCUT2D eigenvalue weighted by atomic mass is 9.78. The van der Waals surface area contributed by atoms with Gasteiger partial charge in [0.05, 0.1) is 85.6 Å². The lowest BCUT2D eigenvalue weighted by Crippen LogP contribution is -2.68. The quantitative estimate of drug-likeness (QED) is 0.116. The number of nitriles is 2. The summed E-state index contributed by atoms with van der Waals surface area (Å²) in [5.74, 6) is 0.230. The Morgan fingerprint density at radius 2 is 1.15 bits per heavy atom. The van der Waals surface area contributed by atoms with E-state index in [1.807, 2.05) is 27.7 Å². The predicted molar refractivity (Wildman–Crippen MR) is 309 cm³/mol. The number of ether oxygens (including phenoxy) is 4. The van der Waals surface area contributed by atoms with Crippen LogP contribution in [0.2, 0.25) is 0 Å². The number of aromatic nitrogens is 10. The Kier molecular flexibility index (Phi) is 17.0. The van der Waals surface area contributed by atoms with Crippen LogP contribution in [0, 0.1) is 34.3 Å². The Morgan fingerprint density at radius 1 is 0.679 bits per heavy atom. The Hall–Kier alpha value is -7.26. The van der Waals surface area contributed by atoms with Crippen molar-refractivity contribution < 1.29 is 47.3 Å². The molecule has 0 aromatic carbocycles. The lowest BCUT2D eigenvalue weighted by Gasteiger charge is -2.56. The van der Waals surface area contributed by atoms with Crippen LogP contribution < -0.4 is 34.2 Å². The Bertz CT molecular complexity index is 3740. The van der Waals surface area contributed by atoms with Crippen LogP contribution in [0.5, 0.6) is 23.3 Å². The monoisotopic (exact) mass is 1250 g/mol. The molecule has 0 aliphatic carbocycles. The van der Waals surface area contributed by atoms with Crippen LogP contribution in [0.15, 0.2) is 65.4 Å². The van der Waals surface area contributed by atoms with Crippen LogP contribution in [0.4, 0.5) is 19.0 Å². The number of piperidine rings is 2. The third kappa shape index (κ3) is 11.8. The number of methoxy groups -OCH3 is 2. The topological polar surface area (TPSA) is 268 Å². The number of piperazine rings is 2. The van der Waals surface area contributed by atoms with Gasteiger partial charge in [-0.2, -0.15) is 20.7 Å². The zero-order valence-corrected chi connectivity index (χ0v) is 49.8. The maximum atomic E-state index is 14.1. The molecular weight excluding hydrogens is 1190 g/mol. The molecule has 7 aliphatic heterocycles. The molecule has 4 atom stereocenters. The second-order valence-electron chi connectivity index (χ2n) is 21.5.